The van der Waals surface area contributed by atoms with Crippen LogP contribution in [0.3, 0.4) is 0 Å². The monoisotopic (exact) mass is 394 g/mol. The number of hydrogen-bond donors (Lipinski definition) is 2. The fourth-order valence-electron chi connectivity index (χ4n) is 3.99. The number of nitrogens with one attached hydrogen (secondary N) is 1. The van der Waals surface area contributed by atoms with E-state index in [0.717, 1.165) is 48.4 Å². The van der Waals surface area contributed by atoms with Crippen molar-refractivity contribution in [3.63, 3.8) is 0 Å². The van der Waals surface area contributed by atoms with Crippen molar-refractivity contribution in [2.75, 3.05) is 20.1 Å². The average Bonchev–Trinajstić information content (AvgIpc) is 3.10. The number of benzene rings is 2. The molecule has 2 N–H and O–H groups in total. The van der Waals surface area contributed by atoms with Gasteiger partial charge in [-0.05, 0) is 56.3 Å². The van der Waals surface area contributed by atoms with Gasteiger partial charge in [0.1, 0.15) is 11.6 Å². The van der Waals surface area contributed by atoms with Gasteiger partial charge in [0.25, 0.3) is 5.91 Å². The molecule has 0 spiro atoms. The molecule has 7 heteroatoms. The fraction of sp³-hybridized carbons (Fsp3) is 0.273. The number of nitrogens with zero attached hydrogens (tertiary/aromatic N) is 3. The van der Waals surface area contributed by atoms with Gasteiger partial charge in [0.2, 0.25) is 0 Å². The van der Waals surface area contributed by atoms with E-state index in [2.05, 4.69) is 16.5 Å². The first-order valence-corrected chi connectivity index (χ1v) is 9.64. The summed E-state index contributed by atoms with van der Waals surface area (Å²) >= 11 is 0. The molecule has 0 bridgehead atoms. The van der Waals surface area contributed by atoms with E-state index in [1.165, 1.54) is 18.2 Å². The molecule has 0 radical (unpaired) electrons. The molecule has 1 aromatic heterocycles. The van der Waals surface area contributed by atoms with E-state index in [1.807, 2.05) is 24.3 Å². The summed E-state index contributed by atoms with van der Waals surface area (Å²) in [5.74, 6) is -0.114. The third-order valence-corrected chi connectivity index (χ3v) is 5.30. The summed E-state index contributed by atoms with van der Waals surface area (Å²) in [6, 6.07) is 12.6. The number of imidazole rings is 1. The second-order valence-corrected chi connectivity index (χ2v) is 7.43. The molecule has 1 saturated heterocycles. The Bertz CT molecular complexity index is 1080. The number of amides is 1. The summed E-state index contributed by atoms with van der Waals surface area (Å²) < 4.78 is 16.0. The second kappa shape index (κ2) is 8.14. The maximum absolute atomic E-state index is 13.8. The van der Waals surface area contributed by atoms with Crippen LogP contribution in [0.15, 0.2) is 48.5 Å². The number of hydrogen-bond acceptors (Lipinski definition) is 4. The lowest BCUT2D eigenvalue weighted by Gasteiger charge is -2.32. The van der Waals surface area contributed by atoms with Crippen molar-refractivity contribution in [2.45, 2.75) is 18.9 Å². The van der Waals surface area contributed by atoms with Gasteiger partial charge in [-0.1, -0.05) is 18.2 Å². The number of halogens is 1. The quantitative estimate of drug-likeness (QED) is 0.403. The van der Waals surface area contributed by atoms with Crippen molar-refractivity contribution in [3.8, 4) is 11.4 Å². The van der Waals surface area contributed by atoms with Crippen molar-refractivity contribution < 1.29 is 14.4 Å². The minimum Gasteiger partial charge on any atom is -0.320 e. The van der Waals surface area contributed by atoms with Gasteiger partial charge in [-0.3, -0.25) is 10.0 Å². The van der Waals surface area contributed by atoms with Crippen LogP contribution < -0.4 is 5.48 Å². The third kappa shape index (κ3) is 4.06. The average molecular weight is 394 g/mol. The first-order valence-electron chi connectivity index (χ1n) is 9.64. The molecule has 4 rings (SSSR count). The number of hydroxylamine groups is 1. The van der Waals surface area contributed by atoms with Crippen LogP contribution in [0.4, 0.5) is 4.39 Å². The highest BCUT2D eigenvalue weighted by atomic mass is 19.1. The van der Waals surface area contributed by atoms with Crippen molar-refractivity contribution in [3.05, 3.63) is 59.9 Å². The highest BCUT2D eigenvalue weighted by Crippen LogP contribution is 2.33. The number of likely N-dealkylation sites (N-methyl/N-ethyl adjacent to an activating group) is 1. The molecular formula is C22H23FN4O2. The zero-order valence-electron chi connectivity index (χ0n) is 16.2. The Morgan fingerprint density at radius 3 is 2.97 bits per heavy atom. The van der Waals surface area contributed by atoms with E-state index in [9.17, 15) is 9.18 Å². The molecule has 29 heavy (non-hydrogen) atoms. The van der Waals surface area contributed by atoms with Crippen molar-refractivity contribution in [2.24, 2.45) is 0 Å². The number of carbonyl (C=O) groups is 1. The summed E-state index contributed by atoms with van der Waals surface area (Å²) in [6.45, 7) is 1.98. The molecule has 1 atom stereocenters. The van der Waals surface area contributed by atoms with Crippen LogP contribution in [0.25, 0.3) is 28.5 Å². The van der Waals surface area contributed by atoms with Crippen molar-refractivity contribution >= 4 is 23.0 Å². The molecule has 1 aliphatic rings. The van der Waals surface area contributed by atoms with Crippen molar-refractivity contribution in [1.82, 2.24) is 19.9 Å². The Morgan fingerprint density at radius 1 is 1.31 bits per heavy atom. The molecule has 150 valence electrons. The van der Waals surface area contributed by atoms with Crippen LogP contribution in [0, 0.1) is 5.82 Å². The van der Waals surface area contributed by atoms with Gasteiger partial charge in [0.05, 0.1) is 11.0 Å². The van der Waals surface area contributed by atoms with Crippen LogP contribution in [0.5, 0.6) is 0 Å². The lowest BCUT2D eigenvalue weighted by Crippen LogP contribution is -2.33. The van der Waals surface area contributed by atoms with Crippen LogP contribution in [-0.4, -0.2) is 45.7 Å². The minimum absolute atomic E-state index is 0.249. The predicted octanol–water partition coefficient (Wildman–Crippen LogP) is 3.63. The van der Waals surface area contributed by atoms with E-state index >= 15 is 0 Å². The lowest BCUT2D eigenvalue weighted by molar-refractivity contribution is -0.124. The van der Waals surface area contributed by atoms with E-state index in [0.29, 0.717) is 5.52 Å². The number of likely N-dealkylation sites (tertiary alicyclic amines) is 1. The molecule has 0 saturated carbocycles. The summed E-state index contributed by atoms with van der Waals surface area (Å²) in [5.41, 5.74) is 4.82. The Balaban J connectivity index is 1.82. The molecule has 2 heterocycles. The largest absolute Gasteiger partial charge is 0.320 e. The molecule has 1 fully saturated rings. The maximum atomic E-state index is 13.8. The summed E-state index contributed by atoms with van der Waals surface area (Å²) in [4.78, 5) is 18.3. The molecule has 2 aromatic carbocycles. The second-order valence-electron chi connectivity index (χ2n) is 7.43. The molecule has 3 aromatic rings. The molecule has 1 amide bonds. The molecule has 1 aliphatic heterocycles. The molecule has 1 unspecified atom stereocenters. The Labute approximate surface area is 168 Å². The molecular weight excluding hydrogens is 371 g/mol. The molecule has 6 nitrogen and oxygen atoms in total. The van der Waals surface area contributed by atoms with Gasteiger partial charge in [0.15, 0.2) is 0 Å². The number of carbonyl (C=O) groups excluding carboxylic acids is 1. The predicted molar refractivity (Wildman–Crippen MR) is 110 cm³/mol. The number of piperidine rings is 1. The third-order valence-electron chi connectivity index (χ3n) is 5.30. The normalized spacial score (nSPS) is 17.8. The summed E-state index contributed by atoms with van der Waals surface area (Å²) in [6.07, 6.45) is 5.01. The van der Waals surface area contributed by atoms with Gasteiger partial charge in [0, 0.05) is 30.3 Å². The minimum atomic E-state index is -0.594. The van der Waals surface area contributed by atoms with Gasteiger partial charge < -0.3 is 9.47 Å². The van der Waals surface area contributed by atoms with Crippen LogP contribution in [0.1, 0.15) is 24.4 Å². The van der Waals surface area contributed by atoms with E-state index in [4.69, 9.17) is 10.2 Å². The maximum Gasteiger partial charge on any atom is 0.267 e. The number of aromatic nitrogens is 2. The Kier molecular flexibility index (Phi) is 5.42. The van der Waals surface area contributed by atoms with E-state index < -0.39 is 5.91 Å². The first kappa shape index (κ1) is 19.3. The van der Waals surface area contributed by atoms with Crippen LogP contribution in [0.2, 0.25) is 0 Å². The van der Waals surface area contributed by atoms with Crippen LogP contribution >= 0.6 is 0 Å². The van der Waals surface area contributed by atoms with Gasteiger partial charge >= 0.3 is 0 Å². The Morgan fingerprint density at radius 2 is 2.17 bits per heavy atom. The lowest BCUT2D eigenvalue weighted by atomic mass is 10.0. The number of fused-ring (bicyclic) bond motifs is 1. The van der Waals surface area contributed by atoms with Gasteiger partial charge in [-0.25, -0.2) is 14.9 Å². The van der Waals surface area contributed by atoms with Crippen LogP contribution in [-0.2, 0) is 4.79 Å². The summed E-state index contributed by atoms with van der Waals surface area (Å²) in [7, 11) is 2.11. The fourth-order valence-corrected chi connectivity index (χ4v) is 3.99. The Hall–Kier alpha value is -3.03. The van der Waals surface area contributed by atoms with Crippen molar-refractivity contribution in [1.29, 1.82) is 0 Å². The van der Waals surface area contributed by atoms with Gasteiger partial charge in [-0.15, -0.1) is 0 Å². The molecule has 0 aliphatic carbocycles. The number of rotatable bonds is 4. The topological polar surface area (TPSA) is 70.4 Å². The standard InChI is InChI=1S/C22H23FN4O2/c1-26-11-3-6-18(14-26)27-20-9-8-17(23)13-19(20)24-22(27)16-5-2-4-15(12-16)7-10-21(28)25-29/h2,4-5,7-10,12-13,18,29H,3,6,11,14H2,1H3,(H,25,28). The smallest absolute Gasteiger partial charge is 0.267 e. The zero-order valence-corrected chi connectivity index (χ0v) is 16.2. The van der Waals surface area contributed by atoms with Gasteiger partial charge in [-0.2, -0.15) is 0 Å². The first-order chi connectivity index (χ1) is 14.0. The SMILES string of the molecule is CN1CCCC(n2c(-c3cccc(C=CC(=O)NO)c3)nc3cc(F)ccc32)C1. The van der Waals surface area contributed by atoms with E-state index in [-0.39, 0.29) is 11.9 Å². The zero-order chi connectivity index (χ0) is 20.4. The highest BCUT2D eigenvalue weighted by molar-refractivity contribution is 5.91. The van der Waals surface area contributed by atoms with E-state index in [1.54, 1.807) is 17.6 Å². The highest BCUT2D eigenvalue weighted by Gasteiger charge is 2.24. The summed E-state index contributed by atoms with van der Waals surface area (Å²) in [5, 5.41) is 8.65.